The van der Waals surface area contributed by atoms with Crippen LogP contribution < -0.4 is 4.90 Å². The van der Waals surface area contributed by atoms with E-state index in [2.05, 4.69) is 20.8 Å². The molecule has 0 bridgehead atoms. The molecule has 0 unspecified atom stereocenters. The first-order chi connectivity index (χ1) is 18.5. The Morgan fingerprint density at radius 2 is 1.79 bits per heavy atom. The van der Waals surface area contributed by atoms with Gasteiger partial charge in [0.15, 0.2) is 0 Å². The van der Waals surface area contributed by atoms with E-state index in [1.165, 1.54) is 4.90 Å². The Morgan fingerprint density at radius 1 is 1.05 bits per heavy atom. The third kappa shape index (κ3) is 4.12. The largest absolute Gasteiger partial charge is 0.393 e. The van der Waals surface area contributed by atoms with E-state index in [0.29, 0.717) is 31.7 Å². The zero-order valence-electron chi connectivity index (χ0n) is 23.6. The van der Waals surface area contributed by atoms with Crippen molar-refractivity contribution in [2.24, 2.45) is 46.3 Å². The smallest absolute Gasteiger partial charge is 0.227 e. The number of benzene rings is 1. The Bertz CT molecular complexity index is 1130. The number of rotatable bonds is 4. The van der Waals surface area contributed by atoms with Gasteiger partial charge in [-0.3, -0.25) is 4.79 Å². The fraction of sp³-hybridized carbons (Fsp3) is 0.781. The van der Waals surface area contributed by atoms with E-state index in [-0.39, 0.29) is 70.1 Å². The minimum atomic E-state index is -0.550. The highest BCUT2D eigenvalue weighted by atomic mass is 19.1. The highest BCUT2D eigenvalue weighted by Gasteiger charge is 2.65. The topological polar surface area (TPSA) is 81.0 Å². The molecule has 4 aliphatic carbocycles. The Morgan fingerprint density at radius 3 is 2.56 bits per heavy atom. The second-order valence-corrected chi connectivity index (χ2v) is 14.2. The Labute approximate surface area is 231 Å². The van der Waals surface area contributed by atoms with Crippen LogP contribution in [0.5, 0.6) is 0 Å². The maximum Gasteiger partial charge on any atom is 0.227 e. The number of aliphatic hydroxyl groups excluding tert-OH is 3. The number of carbonyl (C=O) groups excluding carboxylic acids is 1. The van der Waals surface area contributed by atoms with Gasteiger partial charge in [0.05, 0.1) is 24.0 Å². The molecule has 4 saturated carbocycles. The molecule has 1 aromatic rings. The van der Waals surface area contributed by atoms with Crippen molar-refractivity contribution in [2.45, 2.75) is 103 Å². The first kappa shape index (κ1) is 27.6. The van der Waals surface area contributed by atoms with Gasteiger partial charge in [0.25, 0.3) is 0 Å². The minimum absolute atomic E-state index is 0.0440. The van der Waals surface area contributed by atoms with Crippen molar-refractivity contribution >= 4 is 11.6 Å². The van der Waals surface area contributed by atoms with Crippen LogP contribution in [-0.2, 0) is 11.2 Å². The lowest BCUT2D eigenvalue weighted by molar-refractivity contribution is -0.207. The van der Waals surface area contributed by atoms with Gasteiger partial charge in [0.2, 0.25) is 5.91 Å². The normalized spacial score (nSPS) is 43.8. The Hall–Kier alpha value is -1.57. The number of carbonyl (C=O) groups is 1. The summed E-state index contributed by atoms with van der Waals surface area (Å²) < 4.78 is 28.7. The third-order valence-corrected chi connectivity index (χ3v) is 12.7. The van der Waals surface area contributed by atoms with Crippen LogP contribution in [0.2, 0.25) is 0 Å². The van der Waals surface area contributed by atoms with E-state index in [4.69, 9.17) is 0 Å². The average molecular weight is 546 g/mol. The Balaban J connectivity index is 1.17. The van der Waals surface area contributed by atoms with E-state index >= 15 is 0 Å². The van der Waals surface area contributed by atoms with Crippen molar-refractivity contribution in [3.63, 3.8) is 0 Å². The molecule has 4 fully saturated rings. The van der Waals surface area contributed by atoms with Crippen molar-refractivity contribution in [1.29, 1.82) is 0 Å². The molecule has 1 aliphatic heterocycles. The van der Waals surface area contributed by atoms with Gasteiger partial charge in [0, 0.05) is 18.5 Å². The fourth-order valence-electron chi connectivity index (χ4n) is 10.5. The summed E-state index contributed by atoms with van der Waals surface area (Å²) in [6, 6.07) is 2.22. The summed E-state index contributed by atoms with van der Waals surface area (Å²) in [5, 5.41) is 33.6. The summed E-state index contributed by atoms with van der Waals surface area (Å²) in [7, 11) is 0. The fourth-order valence-corrected chi connectivity index (χ4v) is 10.5. The third-order valence-electron chi connectivity index (χ3n) is 12.7. The number of halogens is 2. The molecule has 5 nitrogen and oxygen atoms in total. The van der Waals surface area contributed by atoms with Crippen LogP contribution in [0, 0.1) is 58.0 Å². The molecule has 1 heterocycles. The van der Waals surface area contributed by atoms with E-state index in [0.717, 1.165) is 50.7 Å². The maximum atomic E-state index is 14.5. The lowest BCUT2D eigenvalue weighted by Crippen LogP contribution is -2.62. The van der Waals surface area contributed by atoms with Crippen molar-refractivity contribution in [2.75, 3.05) is 11.4 Å². The Kier molecular flexibility index (Phi) is 6.91. The van der Waals surface area contributed by atoms with E-state index in [1.54, 1.807) is 0 Å². The number of amides is 1. The van der Waals surface area contributed by atoms with Gasteiger partial charge >= 0.3 is 0 Å². The molecule has 3 N–H and O–H groups in total. The van der Waals surface area contributed by atoms with E-state index < -0.39 is 23.8 Å². The molecule has 39 heavy (non-hydrogen) atoms. The van der Waals surface area contributed by atoms with Crippen LogP contribution in [0.25, 0.3) is 0 Å². The maximum absolute atomic E-state index is 14.5. The SMILES string of the molecule is C[C@H](CCC(=O)N1CCc2c(F)ccc(F)c21)[C@H]1CC[C@H]2[C@@H]3[C@H](O)C[C@@H]4C[C@H](O)CC[C@]4(C)[C@H]3C[C@H](O)[C@]12C. The molecule has 5 aliphatic rings. The molecule has 216 valence electrons. The minimum Gasteiger partial charge on any atom is -0.393 e. The standard InChI is InChI=1S/C32H45F2NO4/c1-17(4-9-28(39)35-13-11-20-24(33)7-8-25(34)30(20)35)21-5-6-22-29-23(16-27(38)32(21,22)3)31(2)12-10-19(36)14-18(31)15-26(29)37/h7-8,17-19,21-23,26-27,29,36-38H,4-6,9-16H2,1-3H3/t17-,18+,19-,21-,22+,23+,26-,27+,29+,31+,32-/m1/s1. The molecule has 0 saturated heterocycles. The van der Waals surface area contributed by atoms with Crippen LogP contribution in [0.1, 0.15) is 84.1 Å². The van der Waals surface area contributed by atoms with Crippen LogP contribution in [0.4, 0.5) is 14.5 Å². The first-order valence-electron chi connectivity index (χ1n) is 15.3. The van der Waals surface area contributed by atoms with Crippen molar-refractivity contribution in [3.8, 4) is 0 Å². The van der Waals surface area contributed by atoms with Crippen LogP contribution in [0.3, 0.4) is 0 Å². The summed E-state index contributed by atoms with van der Waals surface area (Å²) in [4.78, 5) is 14.6. The molecule has 6 rings (SSSR count). The molecular formula is C32H45F2NO4. The molecule has 0 spiro atoms. The van der Waals surface area contributed by atoms with Gasteiger partial charge in [-0.1, -0.05) is 20.8 Å². The molecular weight excluding hydrogens is 500 g/mol. The van der Waals surface area contributed by atoms with Gasteiger partial charge in [-0.2, -0.15) is 0 Å². The van der Waals surface area contributed by atoms with Gasteiger partial charge < -0.3 is 20.2 Å². The van der Waals surface area contributed by atoms with E-state index in [1.807, 2.05) is 0 Å². The lowest BCUT2D eigenvalue weighted by atomic mass is 9.43. The number of nitrogens with zero attached hydrogens (tertiary/aromatic N) is 1. The summed E-state index contributed by atoms with van der Waals surface area (Å²) in [5.41, 5.74) is 0.110. The number of anilines is 1. The highest BCUT2D eigenvalue weighted by Crippen LogP contribution is 2.68. The van der Waals surface area contributed by atoms with Crippen molar-refractivity contribution in [3.05, 3.63) is 29.3 Å². The van der Waals surface area contributed by atoms with Crippen molar-refractivity contribution < 1.29 is 28.9 Å². The molecule has 7 heteroatoms. The summed E-state index contributed by atoms with van der Waals surface area (Å²) in [6.45, 7) is 7.03. The van der Waals surface area contributed by atoms with Gasteiger partial charge in [-0.05, 0) is 116 Å². The van der Waals surface area contributed by atoms with Crippen LogP contribution >= 0.6 is 0 Å². The average Bonchev–Trinajstić information content (AvgIpc) is 3.50. The number of hydrogen-bond acceptors (Lipinski definition) is 4. The highest BCUT2D eigenvalue weighted by molar-refractivity contribution is 5.95. The quantitative estimate of drug-likeness (QED) is 0.484. The molecule has 11 atom stereocenters. The zero-order valence-corrected chi connectivity index (χ0v) is 23.6. The van der Waals surface area contributed by atoms with Crippen LogP contribution in [0.15, 0.2) is 12.1 Å². The van der Waals surface area contributed by atoms with Gasteiger partial charge in [0.1, 0.15) is 11.6 Å². The molecule has 0 aromatic heterocycles. The monoisotopic (exact) mass is 545 g/mol. The van der Waals surface area contributed by atoms with Gasteiger partial charge in [-0.25, -0.2) is 8.78 Å². The number of aliphatic hydroxyl groups is 3. The second-order valence-electron chi connectivity index (χ2n) is 14.2. The summed E-state index contributed by atoms with van der Waals surface area (Å²) >= 11 is 0. The zero-order chi connectivity index (χ0) is 27.9. The van der Waals surface area contributed by atoms with Crippen molar-refractivity contribution in [1.82, 2.24) is 0 Å². The molecule has 1 amide bonds. The van der Waals surface area contributed by atoms with Gasteiger partial charge in [-0.15, -0.1) is 0 Å². The molecule has 0 radical (unpaired) electrons. The number of hydrogen-bond donors (Lipinski definition) is 3. The molecule has 1 aromatic carbocycles. The van der Waals surface area contributed by atoms with Crippen LogP contribution in [-0.4, -0.2) is 46.1 Å². The first-order valence-corrected chi connectivity index (χ1v) is 15.3. The van der Waals surface area contributed by atoms with E-state index in [9.17, 15) is 28.9 Å². The predicted molar refractivity (Wildman–Crippen MR) is 145 cm³/mol. The summed E-state index contributed by atoms with van der Waals surface area (Å²) in [6.07, 6.45) is 5.95. The summed E-state index contributed by atoms with van der Waals surface area (Å²) in [5.74, 6) is 0.184. The second kappa shape index (κ2) is 9.77. The number of fused-ring (bicyclic) bond motifs is 6. The lowest BCUT2D eigenvalue weighted by Gasteiger charge is -2.63. The predicted octanol–water partition coefficient (Wildman–Crippen LogP) is 5.23.